The maximum atomic E-state index is 10.3. The summed E-state index contributed by atoms with van der Waals surface area (Å²) in [6, 6.07) is 22.7. The summed E-state index contributed by atoms with van der Waals surface area (Å²) in [6.45, 7) is 0. The molecule has 4 nitrogen and oxygen atoms in total. The summed E-state index contributed by atoms with van der Waals surface area (Å²) in [5.41, 5.74) is 2.49. The summed E-state index contributed by atoms with van der Waals surface area (Å²) < 4.78 is 0. The third-order valence-corrected chi connectivity index (χ3v) is 3.54. The molecule has 0 aliphatic rings. The van der Waals surface area contributed by atoms with Crippen LogP contribution in [0.25, 0.3) is 0 Å². The molecular formula is C20H14N2O2. The second-order valence-corrected chi connectivity index (χ2v) is 5.16. The Kier molecular flexibility index (Phi) is 4.26. The average Bonchev–Trinajstić information content (AvgIpc) is 2.62. The smallest absolute Gasteiger partial charge is 0.141 e. The molecule has 116 valence electrons. The Morgan fingerprint density at radius 1 is 0.833 bits per heavy atom. The first-order valence-corrected chi connectivity index (χ1v) is 7.34. The van der Waals surface area contributed by atoms with Crippen LogP contribution in [0, 0.1) is 11.3 Å². The molecule has 0 saturated heterocycles. The van der Waals surface area contributed by atoms with Crippen molar-refractivity contribution in [3.8, 4) is 17.6 Å². The van der Waals surface area contributed by atoms with Gasteiger partial charge in [0, 0.05) is 11.1 Å². The monoisotopic (exact) mass is 314 g/mol. The van der Waals surface area contributed by atoms with E-state index in [0.29, 0.717) is 22.5 Å². The van der Waals surface area contributed by atoms with Crippen LogP contribution in [0.2, 0.25) is 0 Å². The van der Waals surface area contributed by atoms with Crippen LogP contribution in [-0.4, -0.2) is 15.9 Å². The van der Waals surface area contributed by atoms with Crippen molar-refractivity contribution >= 4 is 11.4 Å². The molecule has 4 heteroatoms. The van der Waals surface area contributed by atoms with Crippen LogP contribution in [0.15, 0.2) is 77.8 Å². The number of nitrogens with zero attached hydrogens (tertiary/aromatic N) is 2. The van der Waals surface area contributed by atoms with Gasteiger partial charge in [0.05, 0.1) is 17.3 Å². The van der Waals surface area contributed by atoms with E-state index in [2.05, 4.69) is 11.1 Å². The van der Waals surface area contributed by atoms with E-state index >= 15 is 0 Å². The molecule has 0 bridgehead atoms. The van der Waals surface area contributed by atoms with Crippen LogP contribution >= 0.6 is 0 Å². The van der Waals surface area contributed by atoms with Crippen molar-refractivity contribution in [2.24, 2.45) is 4.99 Å². The highest BCUT2D eigenvalue weighted by Gasteiger charge is 2.13. The molecular weight excluding hydrogens is 300 g/mol. The highest BCUT2D eigenvalue weighted by Crippen LogP contribution is 2.29. The van der Waals surface area contributed by atoms with E-state index in [4.69, 9.17) is 5.26 Å². The number of aromatic hydroxyl groups is 2. The molecule has 3 aromatic rings. The van der Waals surface area contributed by atoms with E-state index in [1.807, 2.05) is 30.3 Å². The summed E-state index contributed by atoms with van der Waals surface area (Å²) in [5.74, 6) is 0.0638. The van der Waals surface area contributed by atoms with Gasteiger partial charge in [-0.3, -0.25) is 0 Å². The topological polar surface area (TPSA) is 76.6 Å². The number of aliphatic imine (C=N–C) groups is 1. The van der Waals surface area contributed by atoms with Crippen molar-refractivity contribution in [3.05, 3.63) is 89.5 Å². The molecule has 0 radical (unpaired) electrons. The van der Waals surface area contributed by atoms with Crippen molar-refractivity contribution in [2.75, 3.05) is 0 Å². The van der Waals surface area contributed by atoms with Gasteiger partial charge in [0.2, 0.25) is 0 Å². The number of phenols is 2. The summed E-state index contributed by atoms with van der Waals surface area (Å²) >= 11 is 0. The lowest BCUT2D eigenvalue weighted by atomic mass is 9.99. The number of rotatable bonds is 3. The molecule has 0 saturated carbocycles. The number of benzene rings is 3. The maximum absolute atomic E-state index is 10.3. The molecule has 0 aliphatic heterocycles. The maximum Gasteiger partial charge on any atom is 0.141 e. The van der Waals surface area contributed by atoms with Gasteiger partial charge >= 0.3 is 0 Å². The van der Waals surface area contributed by atoms with Crippen LogP contribution in [0.3, 0.4) is 0 Å². The predicted molar refractivity (Wildman–Crippen MR) is 92.7 cm³/mol. The Hall–Kier alpha value is -3.58. The van der Waals surface area contributed by atoms with E-state index in [9.17, 15) is 10.2 Å². The Morgan fingerprint density at radius 2 is 1.54 bits per heavy atom. The van der Waals surface area contributed by atoms with Crippen molar-refractivity contribution in [3.63, 3.8) is 0 Å². The molecule has 0 aromatic heterocycles. The lowest BCUT2D eigenvalue weighted by Crippen LogP contribution is -2.04. The van der Waals surface area contributed by atoms with E-state index in [1.54, 1.807) is 36.4 Å². The lowest BCUT2D eigenvalue weighted by molar-refractivity contribution is 0.473. The number of hydrogen-bond acceptors (Lipinski definition) is 4. The number of phenolic OH excluding ortho intramolecular Hbond substituents is 2. The summed E-state index contributed by atoms with van der Waals surface area (Å²) in [7, 11) is 0. The van der Waals surface area contributed by atoms with Gasteiger partial charge in [0.15, 0.2) is 0 Å². The molecule has 0 amide bonds. The number of para-hydroxylation sites is 2. The highest BCUT2D eigenvalue weighted by molar-refractivity contribution is 6.15. The minimum Gasteiger partial charge on any atom is -0.507 e. The van der Waals surface area contributed by atoms with Gasteiger partial charge in [0.25, 0.3) is 0 Å². The molecule has 3 aromatic carbocycles. The summed E-state index contributed by atoms with van der Waals surface area (Å²) in [4.78, 5) is 4.53. The Labute approximate surface area is 139 Å². The quantitative estimate of drug-likeness (QED) is 0.713. The molecule has 0 spiro atoms. The average molecular weight is 314 g/mol. The van der Waals surface area contributed by atoms with Crippen LogP contribution in [0.4, 0.5) is 5.69 Å². The van der Waals surface area contributed by atoms with Crippen LogP contribution < -0.4 is 0 Å². The number of nitriles is 1. The van der Waals surface area contributed by atoms with Gasteiger partial charge in [-0.1, -0.05) is 42.5 Å². The highest BCUT2D eigenvalue weighted by atomic mass is 16.3. The van der Waals surface area contributed by atoms with Gasteiger partial charge in [-0.25, -0.2) is 4.99 Å². The fraction of sp³-hybridized carbons (Fsp3) is 0. The van der Waals surface area contributed by atoms with E-state index in [-0.39, 0.29) is 11.5 Å². The zero-order valence-corrected chi connectivity index (χ0v) is 12.7. The van der Waals surface area contributed by atoms with Gasteiger partial charge in [-0.05, 0) is 30.3 Å². The van der Waals surface area contributed by atoms with Crippen LogP contribution in [0.5, 0.6) is 11.5 Å². The van der Waals surface area contributed by atoms with E-state index in [0.717, 1.165) is 5.56 Å². The van der Waals surface area contributed by atoms with Gasteiger partial charge in [-0.15, -0.1) is 0 Å². The first-order chi connectivity index (χ1) is 11.7. The van der Waals surface area contributed by atoms with Crippen LogP contribution in [0.1, 0.15) is 16.7 Å². The molecule has 0 fully saturated rings. The van der Waals surface area contributed by atoms with Crippen molar-refractivity contribution in [2.45, 2.75) is 0 Å². The van der Waals surface area contributed by atoms with E-state index in [1.165, 1.54) is 6.07 Å². The summed E-state index contributed by atoms with van der Waals surface area (Å²) in [6.07, 6.45) is 0. The molecule has 0 aliphatic carbocycles. The van der Waals surface area contributed by atoms with E-state index < -0.39 is 0 Å². The third kappa shape index (κ3) is 3.11. The minimum absolute atomic E-state index is 0.0204. The largest absolute Gasteiger partial charge is 0.507 e. The molecule has 0 heterocycles. The van der Waals surface area contributed by atoms with Gasteiger partial charge in [0.1, 0.15) is 17.2 Å². The second kappa shape index (κ2) is 6.67. The molecule has 0 atom stereocenters. The SMILES string of the molecule is N#Cc1ccc(O)c(C(=Nc2ccccc2O)c2ccccc2)c1. The predicted octanol–water partition coefficient (Wildman–Crippen LogP) is 4.14. The van der Waals surface area contributed by atoms with Crippen molar-refractivity contribution in [1.82, 2.24) is 0 Å². The van der Waals surface area contributed by atoms with Crippen molar-refractivity contribution < 1.29 is 10.2 Å². The normalized spacial score (nSPS) is 11.0. The molecule has 24 heavy (non-hydrogen) atoms. The third-order valence-electron chi connectivity index (χ3n) is 3.54. The standard InChI is InChI=1S/C20H14N2O2/c21-13-14-10-11-18(23)16(12-14)20(15-6-2-1-3-7-15)22-17-8-4-5-9-19(17)24/h1-12,23-24H. The first kappa shape index (κ1) is 15.3. The number of hydrogen-bond donors (Lipinski definition) is 2. The minimum atomic E-state index is 0.0204. The second-order valence-electron chi connectivity index (χ2n) is 5.16. The van der Waals surface area contributed by atoms with Gasteiger partial charge < -0.3 is 10.2 Å². The Morgan fingerprint density at radius 3 is 2.25 bits per heavy atom. The molecule has 2 N–H and O–H groups in total. The molecule has 0 unspecified atom stereocenters. The Balaban J connectivity index is 2.25. The fourth-order valence-corrected chi connectivity index (χ4v) is 2.35. The zero-order chi connectivity index (χ0) is 16.9. The van der Waals surface area contributed by atoms with Crippen LogP contribution in [-0.2, 0) is 0 Å². The lowest BCUT2D eigenvalue weighted by Gasteiger charge is -2.10. The fourth-order valence-electron chi connectivity index (χ4n) is 2.35. The van der Waals surface area contributed by atoms with Crippen molar-refractivity contribution in [1.29, 1.82) is 5.26 Å². The molecule has 3 rings (SSSR count). The van der Waals surface area contributed by atoms with Gasteiger partial charge in [-0.2, -0.15) is 5.26 Å². The first-order valence-electron chi connectivity index (χ1n) is 7.34. The Bertz CT molecular complexity index is 941. The zero-order valence-electron chi connectivity index (χ0n) is 12.7. The summed E-state index contributed by atoms with van der Waals surface area (Å²) in [5, 5.41) is 29.4.